The topological polar surface area (TPSA) is 43.0 Å². The van der Waals surface area contributed by atoms with E-state index in [0.717, 1.165) is 28.1 Å². The fourth-order valence-corrected chi connectivity index (χ4v) is 3.96. The molecule has 0 bridgehead atoms. The van der Waals surface area contributed by atoms with Gasteiger partial charge in [0.2, 0.25) is 0 Å². The molecule has 0 saturated carbocycles. The molecular weight excluding hydrogens is 383 g/mol. The summed E-state index contributed by atoms with van der Waals surface area (Å²) in [6.07, 6.45) is 1.76. The van der Waals surface area contributed by atoms with Crippen molar-refractivity contribution in [2.45, 2.75) is 12.3 Å². The molecule has 0 spiro atoms. The lowest BCUT2D eigenvalue weighted by Crippen LogP contribution is -2.43. The zero-order valence-electron chi connectivity index (χ0n) is 16.6. The lowest BCUT2D eigenvalue weighted by atomic mass is 10.0. The lowest BCUT2D eigenvalue weighted by Gasteiger charge is -2.38. The minimum absolute atomic E-state index is 0.0342. The summed E-state index contributed by atoms with van der Waals surface area (Å²) in [6.45, 7) is 0. The van der Waals surface area contributed by atoms with E-state index in [1.54, 1.807) is 26.4 Å². The molecule has 2 atom stereocenters. The predicted octanol–water partition coefficient (Wildman–Crippen LogP) is 4.84. The monoisotopic (exact) mass is 404 g/mol. The number of hydrazine groups is 1. The summed E-state index contributed by atoms with van der Waals surface area (Å²) in [6, 6.07) is 20.2. The molecule has 3 aromatic carbocycles. The van der Waals surface area contributed by atoms with E-state index in [2.05, 4.69) is 17.6 Å². The van der Waals surface area contributed by atoms with Gasteiger partial charge in [0.1, 0.15) is 11.6 Å². The van der Waals surface area contributed by atoms with Gasteiger partial charge in [-0.3, -0.25) is 0 Å². The van der Waals surface area contributed by atoms with Crippen LogP contribution in [0.1, 0.15) is 29.0 Å². The molecule has 5 nitrogen and oxygen atoms in total. The average Bonchev–Trinajstić information content (AvgIpc) is 3.24. The molecule has 6 heteroatoms. The van der Waals surface area contributed by atoms with E-state index in [1.165, 1.54) is 12.1 Å². The first-order valence-electron chi connectivity index (χ1n) is 9.68. The quantitative estimate of drug-likeness (QED) is 0.674. The van der Waals surface area contributed by atoms with Gasteiger partial charge in [0.05, 0.1) is 26.0 Å². The van der Waals surface area contributed by atoms with Crippen molar-refractivity contribution in [3.63, 3.8) is 0 Å². The number of halogens is 1. The molecule has 0 radical (unpaired) electrons. The van der Waals surface area contributed by atoms with E-state index in [4.69, 9.17) is 14.2 Å². The molecule has 2 aliphatic heterocycles. The van der Waals surface area contributed by atoms with Crippen LogP contribution in [0.4, 0.5) is 4.39 Å². The van der Waals surface area contributed by atoms with Crippen LogP contribution in [0.3, 0.4) is 0 Å². The maximum absolute atomic E-state index is 13.5. The summed E-state index contributed by atoms with van der Waals surface area (Å²) in [5, 5.41) is 2.04. The van der Waals surface area contributed by atoms with Gasteiger partial charge in [-0.05, 0) is 42.5 Å². The molecule has 5 rings (SSSR count). The fraction of sp³-hybridized carbons (Fsp3) is 0.167. The first kappa shape index (κ1) is 18.5. The molecule has 2 unspecified atom stereocenters. The highest BCUT2D eigenvalue weighted by atomic mass is 19.1. The molecule has 0 aliphatic carbocycles. The molecule has 0 fully saturated rings. The normalized spacial score (nSPS) is 19.8. The highest BCUT2D eigenvalue weighted by molar-refractivity contribution is 5.69. The summed E-state index contributed by atoms with van der Waals surface area (Å²) < 4.78 is 30.6. The second kappa shape index (κ2) is 7.39. The number of nitrogens with zero attached hydrogens (tertiary/aromatic N) is 1. The summed E-state index contributed by atoms with van der Waals surface area (Å²) in [5.41, 5.74) is 7.32. The summed E-state index contributed by atoms with van der Waals surface area (Å²) in [7, 11) is 3.24. The van der Waals surface area contributed by atoms with Crippen LogP contribution >= 0.6 is 0 Å². The standard InChI is InChI=1S/C24H21FN2O3/c1-28-22-12-9-16(13-23(22)29-2)19-14-20-18-5-3-4-6-21(18)30-24(27(20)26-19)15-7-10-17(25)11-8-15/h3-14,20,24,26H,1-2H3. The van der Waals surface area contributed by atoms with Crippen molar-refractivity contribution >= 4 is 5.70 Å². The molecule has 0 amide bonds. The maximum atomic E-state index is 13.5. The summed E-state index contributed by atoms with van der Waals surface area (Å²) in [5.74, 6) is 1.88. The van der Waals surface area contributed by atoms with Gasteiger partial charge in [0, 0.05) is 16.7 Å². The zero-order valence-corrected chi connectivity index (χ0v) is 16.6. The van der Waals surface area contributed by atoms with Crippen LogP contribution in [0.5, 0.6) is 17.2 Å². The Morgan fingerprint density at radius 3 is 2.47 bits per heavy atom. The molecule has 2 heterocycles. The van der Waals surface area contributed by atoms with Crippen molar-refractivity contribution < 1.29 is 18.6 Å². The Bertz CT molecular complexity index is 1110. The van der Waals surface area contributed by atoms with Crippen LogP contribution in [0.15, 0.2) is 72.8 Å². The van der Waals surface area contributed by atoms with E-state index in [1.807, 2.05) is 41.4 Å². The lowest BCUT2D eigenvalue weighted by molar-refractivity contribution is -0.0326. The first-order valence-corrected chi connectivity index (χ1v) is 9.68. The van der Waals surface area contributed by atoms with E-state index in [0.29, 0.717) is 11.5 Å². The Labute approximate surface area is 174 Å². The zero-order chi connectivity index (χ0) is 20.7. The van der Waals surface area contributed by atoms with Gasteiger partial charge in [-0.15, -0.1) is 0 Å². The van der Waals surface area contributed by atoms with E-state index < -0.39 is 6.23 Å². The maximum Gasteiger partial charge on any atom is 0.195 e. The van der Waals surface area contributed by atoms with E-state index in [9.17, 15) is 4.39 Å². The van der Waals surface area contributed by atoms with Crippen molar-refractivity contribution in [1.29, 1.82) is 0 Å². The van der Waals surface area contributed by atoms with Crippen molar-refractivity contribution in [3.05, 3.63) is 95.3 Å². The molecule has 152 valence electrons. The van der Waals surface area contributed by atoms with Gasteiger partial charge < -0.3 is 19.6 Å². The SMILES string of the molecule is COc1ccc(C2=CC3c4ccccc4OC(c4ccc(F)cc4)N3N2)cc1OC. The third-order valence-corrected chi connectivity index (χ3v) is 5.45. The Hall–Kier alpha value is -3.51. The van der Waals surface area contributed by atoms with Crippen molar-refractivity contribution in [2.24, 2.45) is 0 Å². The molecular formula is C24H21FN2O3. The van der Waals surface area contributed by atoms with Crippen LogP contribution in [-0.4, -0.2) is 19.2 Å². The molecule has 0 aromatic heterocycles. The third-order valence-electron chi connectivity index (χ3n) is 5.45. The van der Waals surface area contributed by atoms with E-state index >= 15 is 0 Å². The summed E-state index contributed by atoms with van der Waals surface area (Å²) >= 11 is 0. The Morgan fingerprint density at radius 2 is 1.70 bits per heavy atom. The van der Waals surface area contributed by atoms with E-state index in [-0.39, 0.29) is 11.9 Å². The molecule has 30 heavy (non-hydrogen) atoms. The number of methoxy groups -OCH3 is 2. The number of para-hydroxylation sites is 1. The highest BCUT2D eigenvalue weighted by Gasteiger charge is 2.40. The second-order valence-corrected chi connectivity index (χ2v) is 7.17. The Morgan fingerprint density at radius 1 is 0.933 bits per heavy atom. The minimum atomic E-state index is -0.403. The van der Waals surface area contributed by atoms with Gasteiger partial charge in [-0.1, -0.05) is 30.3 Å². The molecule has 1 N–H and O–H groups in total. The number of fused-ring (bicyclic) bond motifs is 3. The number of hydrogen-bond donors (Lipinski definition) is 1. The molecule has 0 saturated heterocycles. The van der Waals surface area contributed by atoms with Gasteiger partial charge in [0.15, 0.2) is 17.7 Å². The Balaban J connectivity index is 1.56. The number of rotatable bonds is 4. The first-order chi connectivity index (χ1) is 14.7. The van der Waals surface area contributed by atoms with Gasteiger partial charge >= 0.3 is 0 Å². The largest absolute Gasteiger partial charge is 0.493 e. The fourth-order valence-electron chi connectivity index (χ4n) is 3.96. The molecule has 2 aliphatic rings. The predicted molar refractivity (Wildman–Crippen MR) is 111 cm³/mol. The van der Waals surface area contributed by atoms with Gasteiger partial charge in [-0.2, -0.15) is 5.01 Å². The van der Waals surface area contributed by atoms with Crippen molar-refractivity contribution in [1.82, 2.24) is 10.4 Å². The number of hydrogen-bond acceptors (Lipinski definition) is 5. The van der Waals surface area contributed by atoms with Crippen LogP contribution in [0.2, 0.25) is 0 Å². The van der Waals surface area contributed by atoms with Crippen LogP contribution in [0, 0.1) is 5.82 Å². The van der Waals surface area contributed by atoms with Crippen molar-refractivity contribution in [2.75, 3.05) is 14.2 Å². The summed E-state index contributed by atoms with van der Waals surface area (Å²) in [4.78, 5) is 0. The Kier molecular flexibility index (Phi) is 4.56. The van der Waals surface area contributed by atoms with Crippen LogP contribution in [0.25, 0.3) is 5.70 Å². The second-order valence-electron chi connectivity index (χ2n) is 7.17. The van der Waals surface area contributed by atoms with Crippen LogP contribution < -0.4 is 19.6 Å². The molecule has 3 aromatic rings. The smallest absolute Gasteiger partial charge is 0.195 e. The van der Waals surface area contributed by atoms with Gasteiger partial charge in [0.25, 0.3) is 0 Å². The third kappa shape index (κ3) is 3.06. The number of ether oxygens (including phenoxy) is 3. The van der Waals surface area contributed by atoms with Crippen LogP contribution in [-0.2, 0) is 0 Å². The van der Waals surface area contributed by atoms with Crippen molar-refractivity contribution in [3.8, 4) is 17.2 Å². The minimum Gasteiger partial charge on any atom is -0.493 e. The highest BCUT2D eigenvalue weighted by Crippen LogP contribution is 2.46. The number of nitrogens with one attached hydrogen (secondary N) is 1. The number of benzene rings is 3. The average molecular weight is 404 g/mol. The van der Waals surface area contributed by atoms with Gasteiger partial charge in [-0.25, -0.2) is 4.39 Å².